The first kappa shape index (κ1) is 9.61. The molecule has 0 aliphatic heterocycles. The monoisotopic (exact) mass is 180 g/mol. The van der Waals surface area contributed by atoms with Gasteiger partial charge in [0.2, 0.25) is 0 Å². The molecule has 0 aliphatic rings. The summed E-state index contributed by atoms with van der Waals surface area (Å²) in [4.78, 5) is 0. The van der Waals surface area contributed by atoms with E-state index in [2.05, 4.69) is 6.58 Å². The molecule has 0 saturated heterocycles. The van der Waals surface area contributed by atoms with E-state index in [1.165, 1.54) is 6.08 Å². The van der Waals surface area contributed by atoms with Gasteiger partial charge in [0, 0.05) is 11.1 Å². The van der Waals surface area contributed by atoms with Crippen molar-refractivity contribution in [1.82, 2.24) is 0 Å². The largest absolute Gasteiger partial charge is 0.480 e. The molecule has 1 heterocycles. The summed E-state index contributed by atoms with van der Waals surface area (Å²) in [7, 11) is 0. The molecule has 0 unspecified atom stereocenters. The van der Waals surface area contributed by atoms with E-state index in [1.54, 1.807) is 19.1 Å². The Morgan fingerprint density at radius 1 is 1.54 bits per heavy atom. The highest BCUT2D eigenvalue weighted by Crippen LogP contribution is 2.29. The highest BCUT2D eigenvalue weighted by Gasteiger charge is 2.10. The zero-order valence-corrected chi connectivity index (χ0v) is 7.45. The Morgan fingerprint density at radius 2 is 2.23 bits per heavy atom. The molecular formula is C10H12O3. The summed E-state index contributed by atoms with van der Waals surface area (Å²) in [6.07, 6.45) is 4.78. The molecule has 3 nitrogen and oxygen atoms in total. The zero-order chi connectivity index (χ0) is 9.84. The van der Waals surface area contributed by atoms with Crippen LogP contribution in [0.25, 0.3) is 12.2 Å². The van der Waals surface area contributed by atoms with E-state index in [9.17, 15) is 5.11 Å². The maximum Gasteiger partial charge on any atom is 0.285 e. The Kier molecular flexibility index (Phi) is 2.93. The van der Waals surface area contributed by atoms with Crippen LogP contribution in [0.3, 0.4) is 0 Å². The smallest absolute Gasteiger partial charge is 0.285 e. The summed E-state index contributed by atoms with van der Waals surface area (Å²) in [6.45, 7) is 5.25. The lowest BCUT2D eigenvalue weighted by atomic mass is 10.1. The number of rotatable bonds is 3. The second-order valence-corrected chi connectivity index (χ2v) is 2.60. The first-order valence-corrected chi connectivity index (χ1v) is 3.93. The predicted octanol–water partition coefficient (Wildman–Crippen LogP) is 1.94. The van der Waals surface area contributed by atoms with Crippen molar-refractivity contribution in [3.63, 3.8) is 0 Å². The maximum absolute atomic E-state index is 9.24. The fourth-order valence-corrected chi connectivity index (χ4v) is 1.06. The standard InChI is InChI=1S/C10H12O3/c1-3-9-8(5-4-6-11)7(2)10(12)13-9/h3-5,11-12H,1,6H2,2H3/b5-4-. The number of aliphatic hydroxyl groups is 1. The Balaban J connectivity index is 3.15. The molecule has 0 saturated carbocycles. The van der Waals surface area contributed by atoms with E-state index in [0.717, 1.165) is 5.56 Å². The SMILES string of the molecule is C=Cc1oc(O)c(C)c1/C=C\CO. The molecule has 0 aromatic carbocycles. The van der Waals surface area contributed by atoms with Crippen LogP contribution in [0.1, 0.15) is 16.9 Å². The number of aliphatic hydroxyl groups excluding tert-OH is 1. The van der Waals surface area contributed by atoms with Crippen LogP contribution < -0.4 is 0 Å². The molecule has 3 heteroatoms. The lowest BCUT2D eigenvalue weighted by Crippen LogP contribution is -1.77. The minimum absolute atomic E-state index is 0.0397. The van der Waals surface area contributed by atoms with E-state index < -0.39 is 0 Å². The van der Waals surface area contributed by atoms with Crippen molar-refractivity contribution in [3.8, 4) is 5.95 Å². The number of hydrogen-bond donors (Lipinski definition) is 2. The summed E-state index contributed by atoms with van der Waals surface area (Å²) in [5.74, 6) is 0.409. The molecule has 1 aromatic rings. The lowest BCUT2D eigenvalue weighted by Gasteiger charge is -1.90. The van der Waals surface area contributed by atoms with Gasteiger partial charge in [-0.3, -0.25) is 0 Å². The van der Waals surface area contributed by atoms with Crippen molar-refractivity contribution >= 4 is 12.2 Å². The first-order chi connectivity index (χ1) is 6.20. The zero-order valence-electron chi connectivity index (χ0n) is 7.45. The molecule has 0 bridgehead atoms. The van der Waals surface area contributed by atoms with Crippen molar-refractivity contribution in [2.75, 3.05) is 6.61 Å². The van der Waals surface area contributed by atoms with Crippen LogP contribution in [0.15, 0.2) is 17.1 Å². The lowest BCUT2D eigenvalue weighted by molar-refractivity contribution is 0.327. The second kappa shape index (κ2) is 3.96. The van der Waals surface area contributed by atoms with Gasteiger partial charge < -0.3 is 14.6 Å². The molecule has 13 heavy (non-hydrogen) atoms. The molecule has 0 radical (unpaired) electrons. The molecule has 0 spiro atoms. The molecule has 1 rings (SSSR count). The van der Waals surface area contributed by atoms with Gasteiger partial charge in [-0.05, 0) is 13.0 Å². The van der Waals surface area contributed by atoms with Gasteiger partial charge in [-0.15, -0.1) is 0 Å². The summed E-state index contributed by atoms with van der Waals surface area (Å²) in [5, 5.41) is 17.8. The molecule has 70 valence electrons. The summed E-state index contributed by atoms with van der Waals surface area (Å²) < 4.78 is 5.00. The summed E-state index contributed by atoms with van der Waals surface area (Å²) in [5.41, 5.74) is 1.40. The minimum atomic E-state index is -0.104. The third kappa shape index (κ3) is 1.81. The van der Waals surface area contributed by atoms with Crippen molar-refractivity contribution in [3.05, 3.63) is 29.5 Å². The quantitative estimate of drug-likeness (QED) is 0.747. The highest BCUT2D eigenvalue weighted by molar-refractivity contribution is 5.65. The second-order valence-electron chi connectivity index (χ2n) is 2.60. The van der Waals surface area contributed by atoms with Gasteiger partial charge in [-0.2, -0.15) is 0 Å². The van der Waals surface area contributed by atoms with E-state index in [4.69, 9.17) is 9.52 Å². The predicted molar refractivity (Wildman–Crippen MR) is 51.3 cm³/mol. The number of furan rings is 1. The van der Waals surface area contributed by atoms with Crippen LogP contribution in [-0.2, 0) is 0 Å². The van der Waals surface area contributed by atoms with Crippen LogP contribution in [-0.4, -0.2) is 16.8 Å². The molecule has 0 aliphatic carbocycles. The van der Waals surface area contributed by atoms with Crippen LogP contribution in [0, 0.1) is 6.92 Å². The first-order valence-electron chi connectivity index (χ1n) is 3.93. The van der Waals surface area contributed by atoms with E-state index in [-0.39, 0.29) is 12.6 Å². The summed E-state index contributed by atoms with van der Waals surface area (Å²) >= 11 is 0. The summed E-state index contributed by atoms with van der Waals surface area (Å²) in [6, 6.07) is 0. The molecule has 0 fully saturated rings. The van der Waals surface area contributed by atoms with Gasteiger partial charge in [-0.1, -0.05) is 18.7 Å². The van der Waals surface area contributed by atoms with Gasteiger partial charge in [-0.25, -0.2) is 0 Å². The third-order valence-corrected chi connectivity index (χ3v) is 1.77. The van der Waals surface area contributed by atoms with Crippen molar-refractivity contribution in [2.45, 2.75) is 6.92 Å². The number of aromatic hydroxyl groups is 1. The van der Waals surface area contributed by atoms with Crippen LogP contribution in [0.4, 0.5) is 0 Å². The topological polar surface area (TPSA) is 53.6 Å². The number of hydrogen-bond acceptors (Lipinski definition) is 3. The van der Waals surface area contributed by atoms with Gasteiger partial charge in [0.25, 0.3) is 5.95 Å². The van der Waals surface area contributed by atoms with E-state index in [0.29, 0.717) is 11.3 Å². The Labute approximate surface area is 76.6 Å². The maximum atomic E-state index is 9.24. The van der Waals surface area contributed by atoms with Crippen molar-refractivity contribution in [2.24, 2.45) is 0 Å². The average Bonchev–Trinajstić information content (AvgIpc) is 2.40. The van der Waals surface area contributed by atoms with Gasteiger partial charge >= 0.3 is 0 Å². The van der Waals surface area contributed by atoms with E-state index in [1.807, 2.05) is 0 Å². The Bertz CT molecular complexity index is 334. The van der Waals surface area contributed by atoms with E-state index >= 15 is 0 Å². The minimum Gasteiger partial charge on any atom is -0.480 e. The van der Waals surface area contributed by atoms with Crippen molar-refractivity contribution in [1.29, 1.82) is 0 Å². The fourth-order valence-electron chi connectivity index (χ4n) is 1.06. The molecule has 1 aromatic heterocycles. The molecular weight excluding hydrogens is 168 g/mol. The Morgan fingerprint density at radius 3 is 2.77 bits per heavy atom. The van der Waals surface area contributed by atoms with Crippen molar-refractivity contribution < 1.29 is 14.6 Å². The average molecular weight is 180 g/mol. The van der Waals surface area contributed by atoms with Gasteiger partial charge in [0.1, 0.15) is 5.76 Å². The molecule has 0 atom stereocenters. The van der Waals surface area contributed by atoms with Gasteiger partial charge in [0.15, 0.2) is 0 Å². The van der Waals surface area contributed by atoms with Gasteiger partial charge in [0.05, 0.1) is 6.61 Å². The fraction of sp³-hybridized carbons (Fsp3) is 0.200. The van der Waals surface area contributed by atoms with Crippen LogP contribution in [0.2, 0.25) is 0 Å². The highest BCUT2D eigenvalue weighted by atomic mass is 16.5. The van der Waals surface area contributed by atoms with Crippen LogP contribution in [0.5, 0.6) is 5.95 Å². The molecule has 0 amide bonds. The third-order valence-electron chi connectivity index (χ3n) is 1.77. The Hall–Kier alpha value is -1.48. The molecule has 2 N–H and O–H groups in total. The van der Waals surface area contributed by atoms with Crippen LogP contribution >= 0.6 is 0 Å². The normalized spacial score (nSPS) is 10.9.